The number of H-pyrrole nitrogens is 1. The third-order valence-electron chi connectivity index (χ3n) is 2.04. The normalized spacial score (nSPS) is 10.5. The number of aromatic nitrogens is 3. The third kappa shape index (κ3) is 2.95. The Morgan fingerprint density at radius 3 is 2.82 bits per heavy atom. The maximum atomic E-state index is 11.4. The number of pyridine rings is 1. The van der Waals surface area contributed by atoms with E-state index in [9.17, 15) is 4.79 Å². The summed E-state index contributed by atoms with van der Waals surface area (Å²) in [4.78, 5) is 22.4. The Kier molecular flexibility index (Phi) is 3.63. The number of hydrogen-bond donors (Lipinski definition) is 1. The minimum absolute atomic E-state index is 0.188. The largest absolute Gasteiger partial charge is 0.312 e. The predicted octanol–water partition coefficient (Wildman–Crippen LogP) is 2.70. The third-order valence-corrected chi connectivity index (χ3v) is 3.96. The first-order chi connectivity index (χ1) is 8.06. The Hall–Kier alpha value is -1.14. The molecule has 0 aromatic carbocycles. The van der Waals surface area contributed by atoms with E-state index in [2.05, 4.69) is 30.9 Å². The van der Waals surface area contributed by atoms with E-state index >= 15 is 0 Å². The molecule has 1 N–H and O–H groups in total. The van der Waals surface area contributed by atoms with Gasteiger partial charge < -0.3 is 4.98 Å². The second-order valence-corrected chi connectivity index (χ2v) is 5.38. The summed E-state index contributed by atoms with van der Waals surface area (Å²) in [5.74, 6) is 0. The van der Waals surface area contributed by atoms with Gasteiger partial charge in [0.1, 0.15) is 14.5 Å². The lowest BCUT2D eigenvalue weighted by Gasteiger charge is -2.04. The van der Waals surface area contributed by atoms with Crippen molar-refractivity contribution in [3.63, 3.8) is 0 Å². The van der Waals surface area contributed by atoms with Gasteiger partial charge >= 0.3 is 0 Å². The molecule has 0 fully saturated rings. The van der Waals surface area contributed by atoms with Crippen LogP contribution in [0, 0.1) is 13.8 Å². The molecule has 2 heterocycles. The maximum absolute atomic E-state index is 11.4. The Bertz CT molecular complexity index is 592. The van der Waals surface area contributed by atoms with Crippen LogP contribution >= 0.6 is 27.7 Å². The van der Waals surface area contributed by atoms with Crippen LogP contribution < -0.4 is 5.56 Å². The van der Waals surface area contributed by atoms with Gasteiger partial charge in [-0.1, -0.05) is 0 Å². The van der Waals surface area contributed by atoms with Gasteiger partial charge in [-0.2, -0.15) is 0 Å². The number of rotatable bonds is 2. The highest BCUT2D eigenvalue weighted by Crippen LogP contribution is 2.28. The maximum Gasteiger partial charge on any atom is 0.266 e. The van der Waals surface area contributed by atoms with Crippen molar-refractivity contribution in [3.05, 3.63) is 44.5 Å². The van der Waals surface area contributed by atoms with E-state index in [0.717, 1.165) is 16.3 Å². The molecule has 2 aromatic rings. The smallest absolute Gasteiger partial charge is 0.266 e. The van der Waals surface area contributed by atoms with E-state index in [1.165, 1.54) is 18.1 Å². The molecule has 6 heteroatoms. The number of nitrogens with one attached hydrogen (secondary N) is 1. The van der Waals surface area contributed by atoms with Crippen molar-refractivity contribution in [1.29, 1.82) is 0 Å². The molecular weight excluding hydrogens is 302 g/mol. The Labute approximate surface area is 111 Å². The van der Waals surface area contributed by atoms with E-state index < -0.39 is 0 Å². The SMILES string of the molecule is Cc1cc(C)nc(Sc2nc[nH]c(=O)c2Br)c1. The summed E-state index contributed by atoms with van der Waals surface area (Å²) in [6, 6.07) is 3.97. The molecule has 2 aromatic heterocycles. The summed E-state index contributed by atoms with van der Waals surface area (Å²) in [5, 5.41) is 1.45. The number of nitrogens with zero attached hydrogens (tertiary/aromatic N) is 2. The van der Waals surface area contributed by atoms with Crippen molar-refractivity contribution >= 4 is 27.7 Å². The first-order valence-corrected chi connectivity index (χ1v) is 6.53. The van der Waals surface area contributed by atoms with E-state index in [1.54, 1.807) is 0 Å². The summed E-state index contributed by atoms with van der Waals surface area (Å²) in [6.07, 6.45) is 1.39. The second-order valence-electron chi connectivity index (χ2n) is 3.58. The fraction of sp³-hybridized carbons (Fsp3) is 0.182. The summed E-state index contributed by atoms with van der Waals surface area (Å²) in [5.41, 5.74) is 1.90. The highest BCUT2D eigenvalue weighted by molar-refractivity contribution is 9.10. The first kappa shape index (κ1) is 12.3. The van der Waals surface area contributed by atoms with Crippen molar-refractivity contribution in [2.75, 3.05) is 0 Å². The van der Waals surface area contributed by atoms with Crippen molar-refractivity contribution in [3.8, 4) is 0 Å². The number of aromatic amines is 1. The van der Waals surface area contributed by atoms with E-state index in [1.807, 2.05) is 26.0 Å². The highest BCUT2D eigenvalue weighted by Gasteiger charge is 2.08. The number of aryl methyl sites for hydroxylation is 2. The van der Waals surface area contributed by atoms with Gasteiger partial charge in [0.25, 0.3) is 5.56 Å². The monoisotopic (exact) mass is 311 g/mol. The van der Waals surface area contributed by atoms with Gasteiger partial charge in [-0.3, -0.25) is 4.79 Å². The van der Waals surface area contributed by atoms with Crippen molar-refractivity contribution in [2.24, 2.45) is 0 Å². The van der Waals surface area contributed by atoms with Crippen molar-refractivity contribution < 1.29 is 0 Å². The fourth-order valence-corrected chi connectivity index (χ4v) is 2.77. The predicted molar refractivity (Wildman–Crippen MR) is 70.4 cm³/mol. The van der Waals surface area contributed by atoms with E-state index in [0.29, 0.717) is 9.50 Å². The van der Waals surface area contributed by atoms with Gasteiger partial charge in [-0.15, -0.1) is 0 Å². The minimum atomic E-state index is -0.188. The summed E-state index contributed by atoms with van der Waals surface area (Å²) in [7, 11) is 0. The average molecular weight is 312 g/mol. The molecule has 17 heavy (non-hydrogen) atoms. The molecule has 0 bridgehead atoms. The van der Waals surface area contributed by atoms with Crippen LogP contribution in [0.2, 0.25) is 0 Å². The standard InChI is InChI=1S/C11H10BrN3OS/c1-6-3-7(2)15-8(4-6)17-11-9(12)10(16)13-5-14-11/h3-5H,1-2H3,(H,13,14,16). The minimum Gasteiger partial charge on any atom is -0.312 e. The molecule has 0 aliphatic heterocycles. The molecule has 0 saturated heterocycles. The number of hydrogen-bond acceptors (Lipinski definition) is 4. The van der Waals surface area contributed by atoms with Crippen LogP contribution in [0.3, 0.4) is 0 Å². The van der Waals surface area contributed by atoms with E-state index in [-0.39, 0.29) is 5.56 Å². The first-order valence-electron chi connectivity index (χ1n) is 4.92. The number of halogens is 1. The molecule has 0 amide bonds. The molecule has 0 spiro atoms. The fourth-order valence-electron chi connectivity index (χ4n) is 1.39. The van der Waals surface area contributed by atoms with Gasteiger partial charge in [-0.05, 0) is 59.2 Å². The summed E-state index contributed by atoms with van der Waals surface area (Å²) in [6.45, 7) is 3.95. The average Bonchev–Trinajstić information content (AvgIpc) is 2.23. The molecule has 88 valence electrons. The van der Waals surface area contributed by atoms with Crippen LogP contribution in [0.5, 0.6) is 0 Å². The van der Waals surface area contributed by atoms with Crippen LogP contribution in [0.15, 0.2) is 37.8 Å². The van der Waals surface area contributed by atoms with Gasteiger partial charge in [0, 0.05) is 5.69 Å². The van der Waals surface area contributed by atoms with Gasteiger partial charge in [-0.25, -0.2) is 9.97 Å². The molecule has 0 aliphatic rings. The van der Waals surface area contributed by atoms with Crippen LogP contribution in [0.25, 0.3) is 0 Å². The molecule has 4 nitrogen and oxygen atoms in total. The summed E-state index contributed by atoms with van der Waals surface area (Å²) < 4.78 is 0.436. The van der Waals surface area contributed by atoms with Gasteiger partial charge in [0.05, 0.1) is 6.33 Å². The molecule has 2 rings (SSSR count). The van der Waals surface area contributed by atoms with Crippen LogP contribution in [-0.4, -0.2) is 15.0 Å². The van der Waals surface area contributed by atoms with Crippen molar-refractivity contribution in [1.82, 2.24) is 15.0 Å². The zero-order valence-corrected chi connectivity index (χ0v) is 11.7. The quantitative estimate of drug-likeness (QED) is 0.866. The van der Waals surface area contributed by atoms with Crippen molar-refractivity contribution in [2.45, 2.75) is 23.9 Å². The molecule has 0 saturated carbocycles. The Balaban J connectivity index is 2.38. The zero-order valence-electron chi connectivity index (χ0n) is 9.32. The lowest BCUT2D eigenvalue weighted by atomic mass is 10.3. The van der Waals surface area contributed by atoms with Crippen LogP contribution in [0.4, 0.5) is 0 Å². The lowest BCUT2D eigenvalue weighted by molar-refractivity contribution is 0.979. The Morgan fingerprint density at radius 1 is 1.35 bits per heavy atom. The van der Waals surface area contributed by atoms with Gasteiger partial charge in [0.15, 0.2) is 0 Å². The van der Waals surface area contributed by atoms with Crippen LogP contribution in [-0.2, 0) is 0 Å². The van der Waals surface area contributed by atoms with Gasteiger partial charge in [0.2, 0.25) is 0 Å². The zero-order chi connectivity index (χ0) is 12.4. The molecular formula is C11H10BrN3OS. The topological polar surface area (TPSA) is 58.6 Å². The molecule has 0 unspecified atom stereocenters. The van der Waals surface area contributed by atoms with E-state index in [4.69, 9.17) is 0 Å². The lowest BCUT2D eigenvalue weighted by Crippen LogP contribution is -2.07. The van der Waals surface area contributed by atoms with Crippen LogP contribution in [0.1, 0.15) is 11.3 Å². The molecule has 0 aliphatic carbocycles. The second kappa shape index (κ2) is 5.01. The molecule has 0 atom stereocenters. The Morgan fingerprint density at radius 2 is 2.12 bits per heavy atom. The summed E-state index contributed by atoms with van der Waals surface area (Å²) >= 11 is 4.59. The highest BCUT2D eigenvalue weighted by atomic mass is 79.9. The molecule has 0 radical (unpaired) electrons.